The lowest BCUT2D eigenvalue weighted by molar-refractivity contribution is -0.384. The summed E-state index contributed by atoms with van der Waals surface area (Å²) in [5.74, 6) is -9.66. The molecule has 13 rings (SSSR count). The number of methoxy groups -OCH3 is 4. The van der Waals surface area contributed by atoms with Crippen LogP contribution < -0.4 is 15.4 Å². The molecule has 6 aliphatic carbocycles. The second kappa shape index (κ2) is 37.9. The number of hydrogen-bond donors (Lipinski definition) is 5. The van der Waals surface area contributed by atoms with E-state index in [2.05, 4.69) is 10.6 Å². The Hall–Kier alpha value is -11.4. The molecule has 22 atom stereocenters. The summed E-state index contributed by atoms with van der Waals surface area (Å²) >= 11 is 0. The molecule has 712 valence electrons. The monoisotopic (exact) mass is 1840 g/mol. The van der Waals surface area contributed by atoms with Crippen LogP contribution in [0, 0.1) is 43.6 Å². The van der Waals surface area contributed by atoms with Crippen LogP contribution >= 0.6 is 0 Å². The van der Waals surface area contributed by atoms with Crippen molar-refractivity contribution in [3.8, 4) is 5.75 Å². The average Bonchev–Trinajstić information content (AvgIpc) is 0.670. The van der Waals surface area contributed by atoms with Gasteiger partial charge in [-0.05, 0) is 139 Å². The molecule has 2 aliphatic heterocycles. The molecule has 4 saturated carbocycles. The van der Waals surface area contributed by atoms with Crippen molar-refractivity contribution >= 4 is 71.4 Å². The number of hydrogen-bond acceptors (Lipinski definition) is 32. The van der Waals surface area contributed by atoms with E-state index in [0.29, 0.717) is 11.1 Å². The van der Waals surface area contributed by atoms with Crippen LogP contribution in [0.2, 0.25) is 0 Å². The van der Waals surface area contributed by atoms with Crippen LogP contribution in [0.25, 0.3) is 0 Å². The zero-order valence-electron chi connectivity index (χ0n) is 77.5. The van der Waals surface area contributed by atoms with Crippen molar-refractivity contribution in [3.63, 3.8) is 0 Å². The van der Waals surface area contributed by atoms with Crippen LogP contribution in [0.4, 0.5) is 20.1 Å². The van der Waals surface area contributed by atoms with Crippen molar-refractivity contribution in [2.45, 2.75) is 255 Å². The molecule has 0 aromatic heterocycles. The Balaban J connectivity index is 0.000000242. The third-order valence-electron chi connectivity index (χ3n) is 27.5. The van der Waals surface area contributed by atoms with Crippen molar-refractivity contribution in [1.29, 1.82) is 0 Å². The lowest BCUT2D eigenvalue weighted by atomic mass is 9.44. The lowest BCUT2D eigenvalue weighted by Gasteiger charge is -2.67. The van der Waals surface area contributed by atoms with Gasteiger partial charge in [-0.25, -0.2) is 33.6 Å². The molecule has 35 nitrogen and oxygen atoms in total. The number of carbonyl (C=O) groups excluding carboxylic acids is 11. The molecule has 5 N–H and O–H groups in total. The smallest absolute Gasteiger partial charge is 0.456 e. The Morgan fingerprint density at radius 1 is 0.508 bits per heavy atom. The van der Waals surface area contributed by atoms with Crippen LogP contribution in [0.1, 0.15) is 180 Å². The molecule has 8 aliphatic rings. The van der Waals surface area contributed by atoms with Crippen molar-refractivity contribution in [2.75, 3.05) is 41.7 Å². The highest BCUT2D eigenvalue weighted by Gasteiger charge is 2.81. The van der Waals surface area contributed by atoms with Gasteiger partial charge in [-0.3, -0.25) is 29.3 Å². The molecule has 2 unspecified atom stereocenters. The number of nitro groups is 1. The van der Waals surface area contributed by atoms with Gasteiger partial charge in [0.25, 0.3) is 5.69 Å². The standard InChI is InChI=1S/C52H60N2O18.C45H57NO14/c1-28-34(68-45(58)40(69-47(60)67-33-23-21-32(22-24-33)54(62)63)38(30-17-13-11-14-18-30)53-46(59)72-48(3,4)5)26-52(61)43(70-44(57)31-19-15-12-16-20-31)41-50(8,42(56)39(65-10)37(28)49(52,6)7)35(64-9)25-36-51(41,27-66-36)71-29(2)55;1-24-28(57-39(51)33(48)32(26-17-13-11-14-18-26)46-40(52)60-41(3,4)5)22-45(53)37(58-38(50)27-19-15-12-16-20-27)35-43(8,36(49)34(55-10)31(24)42(45,6)7)29(54-9)21-30-44(35,23-56-30)59-25(2)47/h11-24,34-36,38-41,43,61H,25-27H2,1-10H3,(H,53,59);11-20,28-30,32-35,37,48,53H,21-23H2,1-10H3,(H,46,52)/t34?,35-,36+,38-,39+,40+,41-,43-,50+,51-,52+;28?,29-,30+,32-,33+,34+,35-,37-,43+,44-,45+/m00/s1. The molecule has 5 aromatic carbocycles. The summed E-state index contributed by atoms with van der Waals surface area (Å²) in [6.07, 6.45) is -21.1. The topological polar surface area (TPSA) is 463 Å². The van der Waals surface area contributed by atoms with Crippen molar-refractivity contribution < 1.29 is 149 Å². The zero-order valence-corrected chi connectivity index (χ0v) is 77.5. The molecule has 2 amide bonds. The number of aliphatic hydroxyl groups is 3. The minimum Gasteiger partial charge on any atom is -0.456 e. The van der Waals surface area contributed by atoms with Crippen molar-refractivity contribution in [3.05, 3.63) is 200 Å². The number of alkyl carbamates (subject to hydrolysis) is 2. The first-order chi connectivity index (χ1) is 61.9. The van der Waals surface area contributed by atoms with Crippen LogP contribution in [-0.2, 0) is 99.8 Å². The number of nitro benzene ring substituents is 1. The largest absolute Gasteiger partial charge is 0.514 e. The number of non-ortho nitro benzene ring substituents is 1. The van der Waals surface area contributed by atoms with E-state index in [1.807, 2.05) is 0 Å². The summed E-state index contributed by atoms with van der Waals surface area (Å²) in [5, 5.41) is 55.9. The summed E-state index contributed by atoms with van der Waals surface area (Å²) in [6, 6.07) is 33.8. The zero-order chi connectivity index (χ0) is 96.9. The van der Waals surface area contributed by atoms with Crippen LogP contribution in [-0.4, -0.2) is 234 Å². The fourth-order valence-corrected chi connectivity index (χ4v) is 21.1. The SMILES string of the molecule is CO[C@H]1C(=O)[C@]2(C)[C@@H](OC)C[C@H]3OC[C@@]3(OC(C)=O)[C@H]2[C@H](OC(=O)c2ccccc2)[C@]2(O)CC(OC(=O)[C@H](O)[C@@H](NC(=O)OC(C)(C)C)c3ccccc3)C(C)=C1C2(C)C.CO[C@H]1C(=O)[C@]2(C)[C@@H](OC)C[C@H]3OC[C@@]3(OC(C)=O)[C@H]2[C@H](OC(=O)c2ccccc2)[C@]2(O)CC(OC(=O)[C@H](OC(=O)Oc3ccc([N+](=O)[O-])cc3)[C@@H](NC(=O)OC(C)(C)C)c3ccccc3)C(C)=C1C2(C)C. The van der Waals surface area contributed by atoms with Gasteiger partial charge >= 0.3 is 54.2 Å². The molecule has 5 aromatic rings. The highest BCUT2D eigenvalue weighted by molar-refractivity contribution is 5.96. The fraction of sp³-hybridized carbons (Fsp3) is 0.536. The molecule has 132 heavy (non-hydrogen) atoms. The molecule has 4 bridgehead atoms. The Kier molecular flexibility index (Phi) is 28.6. The first kappa shape index (κ1) is 99.6. The van der Waals surface area contributed by atoms with E-state index in [-0.39, 0.29) is 70.9 Å². The maximum atomic E-state index is 15.8. The van der Waals surface area contributed by atoms with Crippen LogP contribution in [0.3, 0.4) is 0 Å². The highest BCUT2D eigenvalue weighted by atomic mass is 16.7. The number of nitrogens with zero attached hydrogens (tertiary/aromatic N) is 1. The van der Waals surface area contributed by atoms with Crippen LogP contribution in [0.5, 0.6) is 5.75 Å². The first-order valence-electron chi connectivity index (χ1n) is 43.4. The number of rotatable bonds is 23. The number of carbonyl (C=O) groups is 11. The van der Waals surface area contributed by atoms with E-state index in [0.717, 1.165) is 24.3 Å². The third kappa shape index (κ3) is 18.4. The Morgan fingerprint density at radius 2 is 0.871 bits per heavy atom. The minimum atomic E-state index is -2.36. The van der Waals surface area contributed by atoms with E-state index >= 15 is 14.4 Å². The quantitative estimate of drug-likeness (QED) is 0.0101. The third-order valence-corrected chi connectivity index (χ3v) is 27.5. The molecular formula is C97H117N3O32. The molecule has 0 spiro atoms. The van der Waals surface area contributed by atoms with Gasteiger partial charge in [-0.2, -0.15) is 0 Å². The number of ketones is 2. The molecule has 35 heteroatoms. The molecule has 2 saturated heterocycles. The second-order valence-corrected chi connectivity index (χ2v) is 38.2. The van der Waals surface area contributed by atoms with Gasteiger partial charge in [-0.15, -0.1) is 0 Å². The van der Waals surface area contributed by atoms with E-state index in [1.165, 1.54) is 66.6 Å². The van der Waals surface area contributed by atoms with E-state index in [9.17, 15) is 63.8 Å². The predicted octanol–water partition coefficient (Wildman–Crippen LogP) is 11.3. The van der Waals surface area contributed by atoms with Gasteiger partial charge < -0.3 is 102 Å². The Bertz CT molecular complexity index is 5270. The molecule has 6 fully saturated rings. The van der Waals surface area contributed by atoms with Gasteiger partial charge in [0.2, 0.25) is 6.10 Å². The van der Waals surface area contributed by atoms with Crippen LogP contribution in [0.15, 0.2) is 168 Å². The molecule has 0 radical (unpaired) electrons. The number of amides is 2. The number of benzene rings is 5. The number of fused-ring (bicyclic) bond motifs is 10. The second-order valence-electron chi connectivity index (χ2n) is 38.2. The Labute approximate surface area is 763 Å². The first-order valence-corrected chi connectivity index (χ1v) is 43.4. The van der Waals surface area contributed by atoms with Gasteiger partial charge in [-0.1, -0.05) is 125 Å². The summed E-state index contributed by atoms with van der Waals surface area (Å²) < 4.78 is 96.4. The number of Topliss-reactive ketones (excluding diaryl/α,β-unsaturated/α-hetero) is 2. The van der Waals surface area contributed by atoms with Crippen molar-refractivity contribution in [2.24, 2.45) is 33.5 Å². The highest BCUT2D eigenvalue weighted by Crippen LogP contribution is 2.68. The van der Waals surface area contributed by atoms with Gasteiger partial charge in [0.15, 0.2) is 28.9 Å². The lowest BCUT2D eigenvalue weighted by Crippen LogP contribution is -2.82. The summed E-state index contributed by atoms with van der Waals surface area (Å²) in [6.45, 7) is 24.9. The molecular weight excluding hydrogens is 1720 g/mol. The Morgan fingerprint density at radius 3 is 1.21 bits per heavy atom. The molecule has 2 heterocycles. The van der Waals surface area contributed by atoms with Gasteiger partial charge in [0.1, 0.15) is 83.0 Å². The number of ether oxygens (including phenoxy) is 16. The van der Waals surface area contributed by atoms with E-state index < -0.39 is 236 Å². The summed E-state index contributed by atoms with van der Waals surface area (Å²) in [7, 11) is 5.49. The van der Waals surface area contributed by atoms with E-state index in [4.69, 9.17) is 75.8 Å². The predicted molar refractivity (Wildman–Crippen MR) is 464 cm³/mol. The van der Waals surface area contributed by atoms with E-state index in [1.54, 1.807) is 194 Å². The number of esters is 6. The number of nitrogens with one attached hydrogen (secondary N) is 2. The fourth-order valence-electron chi connectivity index (χ4n) is 21.1. The maximum absolute atomic E-state index is 15.8. The van der Waals surface area contributed by atoms with Gasteiger partial charge in [0, 0.05) is 90.9 Å². The average molecular weight is 1840 g/mol. The maximum Gasteiger partial charge on any atom is 0.514 e. The normalized spacial score (nSPS) is 30.9. The minimum absolute atomic E-state index is 0.0618. The number of aliphatic hydroxyl groups excluding tert-OH is 1. The summed E-state index contributed by atoms with van der Waals surface area (Å²) in [4.78, 5) is 167. The van der Waals surface area contributed by atoms with Gasteiger partial charge in [0.05, 0.1) is 70.2 Å². The van der Waals surface area contributed by atoms with Crippen molar-refractivity contribution in [1.82, 2.24) is 10.6 Å². The summed E-state index contributed by atoms with van der Waals surface area (Å²) in [5.41, 5.74) is -14.7.